The predicted octanol–water partition coefficient (Wildman–Crippen LogP) is 1.09. The van der Waals surface area contributed by atoms with E-state index in [0.29, 0.717) is 25.3 Å². The molecule has 2 rings (SSSR count). The number of hydrogen-bond donors (Lipinski definition) is 1. The van der Waals surface area contributed by atoms with E-state index in [0.717, 1.165) is 12.0 Å². The molecule has 0 saturated carbocycles. The molecule has 4 heteroatoms. The maximum atomic E-state index is 11.7. The van der Waals surface area contributed by atoms with Gasteiger partial charge in [0, 0.05) is 13.0 Å². The molecule has 1 unspecified atom stereocenters. The first-order valence-corrected chi connectivity index (χ1v) is 5.37. The number of rotatable bonds is 3. The Kier molecular flexibility index (Phi) is 3.54. The zero-order chi connectivity index (χ0) is 11.4. The van der Waals surface area contributed by atoms with Crippen LogP contribution in [0.15, 0.2) is 24.3 Å². The van der Waals surface area contributed by atoms with Gasteiger partial charge in [0.15, 0.2) is 0 Å². The summed E-state index contributed by atoms with van der Waals surface area (Å²) in [4.78, 5) is 11.7. The van der Waals surface area contributed by atoms with Crippen molar-refractivity contribution in [3.63, 3.8) is 0 Å². The number of nitrogens with two attached hydrogens (primary N) is 1. The van der Waals surface area contributed by atoms with Crippen LogP contribution in [0.25, 0.3) is 0 Å². The lowest BCUT2D eigenvalue weighted by atomic mass is 10.1. The van der Waals surface area contributed by atoms with Crippen LogP contribution in [-0.2, 0) is 16.0 Å². The van der Waals surface area contributed by atoms with Crippen molar-refractivity contribution < 1.29 is 14.3 Å². The number of hydrogen-bond acceptors (Lipinski definition) is 4. The standard InChI is InChI=1S/C12H15NO3/c13-7-9-1-3-10(4-2-9)12(14)16-11-5-6-15-8-11/h1-4,11H,5-8,13H2. The fraction of sp³-hybridized carbons (Fsp3) is 0.417. The lowest BCUT2D eigenvalue weighted by Crippen LogP contribution is -2.18. The summed E-state index contributed by atoms with van der Waals surface area (Å²) in [7, 11) is 0. The summed E-state index contributed by atoms with van der Waals surface area (Å²) in [6, 6.07) is 7.14. The third kappa shape index (κ3) is 2.59. The van der Waals surface area contributed by atoms with E-state index in [4.69, 9.17) is 15.2 Å². The summed E-state index contributed by atoms with van der Waals surface area (Å²) in [5.74, 6) is -0.293. The van der Waals surface area contributed by atoms with E-state index in [1.807, 2.05) is 12.1 Å². The van der Waals surface area contributed by atoms with Gasteiger partial charge < -0.3 is 15.2 Å². The molecule has 4 nitrogen and oxygen atoms in total. The summed E-state index contributed by atoms with van der Waals surface area (Å²) in [5.41, 5.74) is 7.04. The molecule has 1 heterocycles. The van der Waals surface area contributed by atoms with Crippen molar-refractivity contribution in [3.05, 3.63) is 35.4 Å². The summed E-state index contributed by atoms with van der Waals surface area (Å²) in [6.45, 7) is 1.66. The molecule has 2 N–H and O–H groups in total. The second kappa shape index (κ2) is 5.09. The van der Waals surface area contributed by atoms with Gasteiger partial charge in [-0.25, -0.2) is 4.79 Å². The van der Waals surface area contributed by atoms with Gasteiger partial charge >= 0.3 is 5.97 Å². The van der Waals surface area contributed by atoms with Crippen LogP contribution in [-0.4, -0.2) is 25.3 Å². The van der Waals surface area contributed by atoms with Crippen molar-refractivity contribution in [1.82, 2.24) is 0 Å². The molecule has 0 spiro atoms. The Hall–Kier alpha value is -1.39. The van der Waals surface area contributed by atoms with Crippen LogP contribution in [0.4, 0.5) is 0 Å². The molecule has 0 amide bonds. The smallest absolute Gasteiger partial charge is 0.338 e. The second-order valence-corrected chi connectivity index (χ2v) is 3.79. The largest absolute Gasteiger partial charge is 0.456 e. The summed E-state index contributed by atoms with van der Waals surface area (Å²) < 4.78 is 10.4. The maximum Gasteiger partial charge on any atom is 0.338 e. The Morgan fingerprint density at radius 3 is 2.75 bits per heavy atom. The van der Waals surface area contributed by atoms with Gasteiger partial charge in [0.1, 0.15) is 6.10 Å². The van der Waals surface area contributed by atoms with Gasteiger partial charge in [0.25, 0.3) is 0 Å². The van der Waals surface area contributed by atoms with Gasteiger partial charge in [-0.2, -0.15) is 0 Å². The third-order valence-corrected chi connectivity index (χ3v) is 2.59. The molecule has 0 aromatic heterocycles. The summed E-state index contributed by atoms with van der Waals surface area (Å²) in [5, 5.41) is 0. The SMILES string of the molecule is NCc1ccc(C(=O)OC2CCOC2)cc1. The van der Waals surface area contributed by atoms with E-state index in [9.17, 15) is 4.79 Å². The van der Waals surface area contributed by atoms with Crippen molar-refractivity contribution in [2.45, 2.75) is 19.1 Å². The van der Waals surface area contributed by atoms with Crippen molar-refractivity contribution in [2.24, 2.45) is 5.73 Å². The summed E-state index contributed by atoms with van der Waals surface area (Å²) >= 11 is 0. The van der Waals surface area contributed by atoms with Gasteiger partial charge in [-0.3, -0.25) is 0 Å². The van der Waals surface area contributed by atoms with Gasteiger partial charge in [0.05, 0.1) is 18.8 Å². The van der Waals surface area contributed by atoms with Crippen molar-refractivity contribution >= 4 is 5.97 Å². The molecule has 0 aliphatic carbocycles. The van der Waals surface area contributed by atoms with E-state index in [1.165, 1.54) is 0 Å². The van der Waals surface area contributed by atoms with Crippen LogP contribution in [0.1, 0.15) is 22.3 Å². The Balaban J connectivity index is 1.97. The maximum absolute atomic E-state index is 11.7. The Bertz CT molecular complexity index is 355. The van der Waals surface area contributed by atoms with Crippen LogP contribution >= 0.6 is 0 Å². The highest BCUT2D eigenvalue weighted by Gasteiger charge is 2.20. The van der Waals surface area contributed by atoms with E-state index in [1.54, 1.807) is 12.1 Å². The Labute approximate surface area is 94.3 Å². The highest BCUT2D eigenvalue weighted by atomic mass is 16.6. The van der Waals surface area contributed by atoms with E-state index in [-0.39, 0.29) is 12.1 Å². The zero-order valence-corrected chi connectivity index (χ0v) is 9.02. The highest BCUT2D eigenvalue weighted by molar-refractivity contribution is 5.89. The fourth-order valence-corrected chi connectivity index (χ4v) is 1.60. The van der Waals surface area contributed by atoms with E-state index in [2.05, 4.69) is 0 Å². The van der Waals surface area contributed by atoms with Crippen molar-refractivity contribution in [1.29, 1.82) is 0 Å². The van der Waals surface area contributed by atoms with E-state index >= 15 is 0 Å². The van der Waals surface area contributed by atoms with Crippen molar-refractivity contribution in [2.75, 3.05) is 13.2 Å². The Morgan fingerprint density at radius 2 is 2.19 bits per heavy atom. The molecule has 1 fully saturated rings. The molecule has 0 radical (unpaired) electrons. The van der Waals surface area contributed by atoms with Gasteiger partial charge in [-0.15, -0.1) is 0 Å². The number of ether oxygens (including phenoxy) is 2. The summed E-state index contributed by atoms with van der Waals surface area (Å²) in [6.07, 6.45) is 0.689. The molecule has 1 aromatic carbocycles. The van der Waals surface area contributed by atoms with Crippen LogP contribution in [0.3, 0.4) is 0 Å². The van der Waals surface area contributed by atoms with Crippen LogP contribution in [0, 0.1) is 0 Å². The first-order valence-electron chi connectivity index (χ1n) is 5.37. The number of benzene rings is 1. The van der Waals surface area contributed by atoms with E-state index < -0.39 is 0 Å². The minimum atomic E-state index is -0.293. The van der Waals surface area contributed by atoms with Crippen molar-refractivity contribution in [3.8, 4) is 0 Å². The normalized spacial score (nSPS) is 19.7. The fourth-order valence-electron chi connectivity index (χ4n) is 1.60. The molecule has 1 aliphatic heterocycles. The van der Waals surface area contributed by atoms with Gasteiger partial charge in [0.2, 0.25) is 0 Å². The number of carbonyl (C=O) groups is 1. The monoisotopic (exact) mass is 221 g/mol. The predicted molar refractivity (Wildman–Crippen MR) is 59.0 cm³/mol. The first kappa shape index (κ1) is 11.1. The average molecular weight is 221 g/mol. The topological polar surface area (TPSA) is 61.6 Å². The third-order valence-electron chi connectivity index (χ3n) is 2.59. The molecule has 0 bridgehead atoms. The van der Waals surface area contributed by atoms with Gasteiger partial charge in [-0.05, 0) is 17.7 Å². The first-order chi connectivity index (χ1) is 7.79. The molecule has 1 aromatic rings. The van der Waals surface area contributed by atoms with Crippen LogP contribution < -0.4 is 5.73 Å². The average Bonchev–Trinajstić information content (AvgIpc) is 2.82. The molecule has 1 saturated heterocycles. The van der Waals surface area contributed by atoms with Gasteiger partial charge in [-0.1, -0.05) is 12.1 Å². The Morgan fingerprint density at radius 1 is 1.44 bits per heavy atom. The molecule has 16 heavy (non-hydrogen) atoms. The minimum Gasteiger partial charge on any atom is -0.456 e. The second-order valence-electron chi connectivity index (χ2n) is 3.79. The van der Waals surface area contributed by atoms with Crippen LogP contribution in [0.2, 0.25) is 0 Å². The lowest BCUT2D eigenvalue weighted by molar-refractivity contribution is 0.0270. The van der Waals surface area contributed by atoms with Crippen LogP contribution in [0.5, 0.6) is 0 Å². The quantitative estimate of drug-likeness (QED) is 0.776. The molecule has 86 valence electrons. The number of carbonyl (C=O) groups excluding carboxylic acids is 1. The molecular formula is C12H15NO3. The molecule has 1 atom stereocenters. The lowest BCUT2D eigenvalue weighted by Gasteiger charge is -2.10. The zero-order valence-electron chi connectivity index (χ0n) is 9.02. The minimum absolute atomic E-state index is 0.0957. The molecular weight excluding hydrogens is 206 g/mol. The number of esters is 1. The molecule has 1 aliphatic rings. The highest BCUT2D eigenvalue weighted by Crippen LogP contribution is 2.12.